The number of aryl methyl sites for hydroxylation is 1. The minimum Gasteiger partial charge on any atom is -0.505 e. The van der Waals surface area contributed by atoms with Crippen molar-refractivity contribution in [2.75, 3.05) is 6.54 Å². The first-order valence-corrected chi connectivity index (χ1v) is 7.95. The van der Waals surface area contributed by atoms with E-state index >= 15 is 0 Å². The zero-order valence-corrected chi connectivity index (χ0v) is 14.2. The number of aromatic nitrogens is 1. The molecule has 3 rings (SSSR count). The van der Waals surface area contributed by atoms with Gasteiger partial charge < -0.3 is 15.2 Å². The molecule has 0 spiro atoms. The highest BCUT2D eigenvalue weighted by atomic mass is 16.5. The van der Waals surface area contributed by atoms with Crippen LogP contribution in [0.2, 0.25) is 0 Å². The molecule has 2 N–H and O–H groups in total. The monoisotopic (exact) mass is 351 g/mol. The van der Waals surface area contributed by atoms with E-state index in [4.69, 9.17) is 6.11 Å². The first kappa shape index (κ1) is 16.1. The van der Waals surface area contributed by atoms with E-state index in [1.165, 1.54) is 6.92 Å². The zero-order chi connectivity index (χ0) is 19.4. The van der Waals surface area contributed by atoms with Crippen LogP contribution in [-0.4, -0.2) is 28.3 Å². The number of carbonyl (C=O) groups excluding carboxylic acids is 2. The number of Topliss-reactive ketones (excluding diaryl/α,β-unsaturated/α-hetero) is 1. The summed E-state index contributed by atoms with van der Waals surface area (Å²) in [5, 5.41) is 13.8. The van der Waals surface area contributed by atoms with Crippen molar-refractivity contribution >= 4 is 22.5 Å². The molecule has 0 unspecified atom stereocenters. The van der Waals surface area contributed by atoms with E-state index < -0.39 is 5.91 Å². The van der Waals surface area contributed by atoms with Crippen LogP contribution in [0.3, 0.4) is 0 Å². The molecule has 3 aromatic rings. The number of ketones is 1. The molecule has 26 heavy (non-hydrogen) atoms. The summed E-state index contributed by atoms with van der Waals surface area (Å²) >= 11 is 0. The van der Waals surface area contributed by atoms with Crippen LogP contribution in [0.25, 0.3) is 10.8 Å². The number of aromatic hydroxyl groups is 1. The van der Waals surface area contributed by atoms with Gasteiger partial charge in [-0.1, -0.05) is 18.2 Å². The van der Waals surface area contributed by atoms with Gasteiger partial charge in [0.2, 0.25) is 0 Å². The number of nitrogens with zero attached hydrogens (tertiary/aromatic N) is 1. The molecule has 0 saturated carbocycles. The maximum Gasteiger partial charge on any atom is 0.274 e. The summed E-state index contributed by atoms with van der Waals surface area (Å²) in [6, 6.07) is 14.2. The predicted molar refractivity (Wildman–Crippen MR) is 97.7 cm³/mol. The van der Waals surface area contributed by atoms with Crippen molar-refractivity contribution in [3.05, 3.63) is 59.9 Å². The van der Waals surface area contributed by atoms with Gasteiger partial charge >= 0.3 is 0 Å². The molecule has 1 amide bonds. The molecule has 0 radical (unpaired) electrons. The first-order chi connectivity index (χ1) is 13.0. The molecule has 0 fully saturated rings. The second-order valence-corrected chi connectivity index (χ2v) is 5.76. The molecule has 0 saturated heterocycles. The Kier molecular flexibility index (Phi) is 4.47. The van der Waals surface area contributed by atoms with Gasteiger partial charge in [0.1, 0.15) is 17.3 Å². The Hall–Kier alpha value is -3.41. The molecule has 0 aliphatic heterocycles. The van der Waals surface area contributed by atoms with E-state index in [0.29, 0.717) is 28.0 Å². The summed E-state index contributed by atoms with van der Waals surface area (Å²) < 4.78 is 13.5. The number of carbonyl (C=O) groups is 2. The third kappa shape index (κ3) is 3.64. The number of benzene rings is 2. The minimum atomic E-state index is -0.663. The Labute approximate surface area is 151 Å². The van der Waals surface area contributed by atoms with Gasteiger partial charge in [-0.05, 0) is 44.2 Å². The Morgan fingerprint density at radius 3 is 2.62 bits per heavy atom. The van der Waals surface area contributed by atoms with Crippen LogP contribution >= 0.6 is 0 Å². The van der Waals surface area contributed by atoms with Gasteiger partial charge in [-0.25, -0.2) is 4.98 Å². The number of ether oxygens (including phenoxy) is 1. The summed E-state index contributed by atoms with van der Waals surface area (Å²) in [6.07, 6.45) is 0. The van der Waals surface area contributed by atoms with E-state index in [0.717, 1.165) is 0 Å². The van der Waals surface area contributed by atoms with E-state index in [9.17, 15) is 14.7 Å². The van der Waals surface area contributed by atoms with Crippen molar-refractivity contribution < 1.29 is 20.8 Å². The lowest BCUT2D eigenvalue weighted by Crippen LogP contribution is -2.29. The van der Waals surface area contributed by atoms with Gasteiger partial charge in [0.15, 0.2) is 11.4 Å². The van der Waals surface area contributed by atoms with Crippen molar-refractivity contribution in [3.8, 4) is 17.2 Å². The number of para-hydroxylation sites is 1. The number of rotatable bonds is 5. The average Bonchev–Trinajstić information content (AvgIpc) is 2.67. The number of nitrogens with one attached hydrogen (secondary N) is 1. The van der Waals surface area contributed by atoms with Crippen LogP contribution in [0, 0.1) is 6.90 Å². The fourth-order valence-electron chi connectivity index (χ4n) is 2.48. The van der Waals surface area contributed by atoms with Crippen LogP contribution in [-0.2, 0) is 4.79 Å². The van der Waals surface area contributed by atoms with Crippen molar-refractivity contribution in [2.45, 2.75) is 13.8 Å². The van der Waals surface area contributed by atoms with Gasteiger partial charge in [0.25, 0.3) is 5.91 Å². The summed E-state index contributed by atoms with van der Waals surface area (Å²) in [4.78, 5) is 27.4. The molecular weight excluding hydrogens is 332 g/mol. The van der Waals surface area contributed by atoms with E-state index in [1.807, 2.05) is 30.3 Å². The Morgan fingerprint density at radius 1 is 1.15 bits per heavy atom. The number of amides is 1. The Morgan fingerprint density at radius 2 is 1.92 bits per heavy atom. The van der Waals surface area contributed by atoms with Crippen molar-refractivity contribution in [2.24, 2.45) is 0 Å². The zero-order valence-electron chi connectivity index (χ0n) is 15.2. The maximum absolute atomic E-state index is 12.2. The number of hydrogen-bond acceptors (Lipinski definition) is 5. The third-order valence-electron chi connectivity index (χ3n) is 3.72. The fraction of sp³-hybridized carbons (Fsp3) is 0.150. The van der Waals surface area contributed by atoms with Crippen LogP contribution in [0.15, 0.2) is 48.5 Å². The van der Waals surface area contributed by atoms with Crippen molar-refractivity contribution in [1.29, 1.82) is 0 Å². The smallest absolute Gasteiger partial charge is 0.274 e. The van der Waals surface area contributed by atoms with E-state index in [2.05, 4.69) is 10.3 Å². The molecule has 0 aliphatic carbocycles. The van der Waals surface area contributed by atoms with Gasteiger partial charge in [0, 0.05) is 17.8 Å². The Bertz CT molecular complexity index is 1010. The molecule has 0 bridgehead atoms. The lowest BCUT2D eigenvalue weighted by Gasteiger charge is -2.12. The van der Waals surface area contributed by atoms with Gasteiger partial charge in [-0.3, -0.25) is 9.59 Å². The second kappa shape index (κ2) is 7.23. The highest BCUT2D eigenvalue weighted by molar-refractivity contribution is 6.03. The number of fused-ring (bicyclic) bond motifs is 1. The topological polar surface area (TPSA) is 88.5 Å². The highest BCUT2D eigenvalue weighted by Crippen LogP contribution is 2.33. The summed E-state index contributed by atoms with van der Waals surface area (Å²) in [7, 11) is 0. The van der Waals surface area contributed by atoms with Crippen LogP contribution in [0.5, 0.6) is 17.2 Å². The van der Waals surface area contributed by atoms with Gasteiger partial charge in [0.05, 0.1) is 6.54 Å². The normalized spacial score (nSPS) is 11.0. The highest BCUT2D eigenvalue weighted by Gasteiger charge is 2.18. The largest absolute Gasteiger partial charge is 0.505 e. The van der Waals surface area contributed by atoms with E-state index in [-0.39, 0.29) is 30.7 Å². The molecule has 0 atom stereocenters. The molecule has 6 nitrogen and oxygen atoms in total. The lowest BCUT2D eigenvalue weighted by atomic mass is 10.1. The molecule has 2 aromatic carbocycles. The molecule has 1 aromatic heterocycles. The third-order valence-corrected chi connectivity index (χ3v) is 3.72. The fourth-order valence-corrected chi connectivity index (χ4v) is 2.48. The quantitative estimate of drug-likeness (QED) is 0.736. The summed E-state index contributed by atoms with van der Waals surface area (Å²) in [6.45, 7) is 1.01. The molecule has 6 heteroatoms. The van der Waals surface area contributed by atoms with Crippen LogP contribution in [0.1, 0.15) is 24.5 Å². The summed E-state index contributed by atoms with van der Waals surface area (Å²) in [5.41, 5.74) is 0.122. The summed E-state index contributed by atoms with van der Waals surface area (Å²) in [5.74, 6) is 0.00513. The maximum atomic E-state index is 12.2. The molecule has 132 valence electrons. The van der Waals surface area contributed by atoms with Crippen LogP contribution < -0.4 is 10.1 Å². The van der Waals surface area contributed by atoms with Gasteiger partial charge in [-0.15, -0.1) is 0 Å². The molecular formula is C20H18N2O4. The molecule has 0 aliphatic rings. The van der Waals surface area contributed by atoms with E-state index in [1.54, 1.807) is 18.2 Å². The Balaban J connectivity index is 2.01. The second-order valence-electron chi connectivity index (χ2n) is 5.76. The number of hydrogen-bond donors (Lipinski definition) is 2. The number of pyridine rings is 1. The first-order valence-electron chi connectivity index (χ1n) is 8.65. The van der Waals surface area contributed by atoms with Crippen LogP contribution in [0.4, 0.5) is 0 Å². The lowest BCUT2D eigenvalue weighted by molar-refractivity contribution is -0.116. The molecule has 1 heterocycles. The average molecular weight is 351 g/mol. The minimum absolute atomic E-state index is 0.155. The SMILES string of the molecule is [2H]Cc1nc(C(=O)NCC(C)=O)c(O)c2ccc(Oc3ccccc3)cc12. The van der Waals surface area contributed by atoms with Crippen molar-refractivity contribution in [1.82, 2.24) is 10.3 Å². The predicted octanol–water partition coefficient (Wildman–Crippen LogP) is 3.36. The standard InChI is InChI=1S/C20H18N2O4/c1-12(23)11-21-20(25)18-19(24)16-9-8-15(10-17(16)13(2)22-18)26-14-6-4-3-5-7-14/h3-10,24H,11H2,1-2H3,(H,21,25)/i2D. The van der Waals surface area contributed by atoms with Crippen molar-refractivity contribution in [3.63, 3.8) is 0 Å². The van der Waals surface area contributed by atoms with Gasteiger partial charge in [-0.2, -0.15) is 0 Å².